The fourth-order valence-corrected chi connectivity index (χ4v) is 5.03. The summed E-state index contributed by atoms with van der Waals surface area (Å²) in [6.45, 7) is 4.22. The fraction of sp³-hybridized carbons (Fsp3) is 0.882. The molecular formula is C17H28N2O3. The number of urea groups is 1. The van der Waals surface area contributed by atoms with E-state index < -0.39 is 0 Å². The van der Waals surface area contributed by atoms with E-state index in [0.717, 1.165) is 37.0 Å². The summed E-state index contributed by atoms with van der Waals surface area (Å²) in [5.41, 5.74) is 0.0352. The Morgan fingerprint density at radius 1 is 1.09 bits per heavy atom. The number of esters is 1. The highest BCUT2D eigenvalue weighted by Gasteiger charge is 2.51. The van der Waals surface area contributed by atoms with Gasteiger partial charge in [0.05, 0.1) is 12.5 Å². The molecule has 5 nitrogen and oxygen atoms in total. The third kappa shape index (κ3) is 3.39. The van der Waals surface area contributed by atoms with E-state index in [1.54, 1.807) is 13.8 Å². The third-order valence-electron chi connectivity index (χ3n) is 5.52. The van der Waals surface area contributed by atoms with E-state index in [9.17, 15) is 9.59 Å². The molecule has 2 N–H and O–H groups in total. The number of nitrogens with one attached hydrogen (secondary N) is 2. The van der Waals surface area contributed by atoms with Crippen molar-refractivity contribution in [3.63, 3.8) is 0 Å². The monoisotopic (exact) mass is 308 g/mol. The minimum Gasteiger partial charge on any atom is -0.464 e. The lowest BCUT2D eigenvalue weighted by molar-refractivity contribution is -0.147. The zero-order valence-corrected chi connectivity index (χ0v) is 13.7. The molecule has 0 heterocycles. The number of amides is 2. The lowest BCUT2D eigenvalue weighted by Gasteiger charge is -2.56. The SMILES string of the molecule is CC(C)C(=O)OCCNC(=O)NC12CC3CC(CC(C3)C1)C2. The van der Waals surface area contributed by atoms with Gasteiger partial charge in [-0.3, -0.25) is 4.79 Å². The first kappa shape index (κ1) is 15.6. The van der Waals surface area contributed by atoms with Gasteiger partial charge in [0, 0.05) is 5.54 Å². The Morgan fingerprint density at radius 3 is 2.14 bits per heavy atom. The highest BCUT2D eigenvalue weighted by molar-refractivity contribution is 5.75. The average molecular weight is 308 g/mol. The quantitative estimate of drug-likeness (QED) is 0.605. The molecule has 4 fully saturated rings. The molecule has 0 saturated heterocycles. The molecule has 4 aliphatic carbocycles. The van der Waals surface area contributed by atoms with E-state index in [-0.39, 0.29) is 30.1 Å². The second-order valence-corrected chi connectivity index (χ2v) is 7.90. The van der Waals surface area contributed by atoms with Crippen molar-refractivity contribution < 1.29 is 14.3 Å². The molecular weight excluding hydrogens is 280 g/mol. The summed E-state index contributed by atoms with van der Waals surface area (Å²) in [4.78, 5) is 23.5. The van der Waals surface area contributed by atoms with Crippen molar-refractivity contribution in [2.45, 2.75) is 57.9 Å². The van der Waals surface area contributed by atoms with Gasteiger partial charge in [-0.25, -0.2) is 4.79 Å². The normalized spacial score (nSPS) is 35.5. The molecule has 0 atom stereocenters. The number of hydrogen-bond acceptors (Lipinski definition) is 3. The first-order valence-electron chi connectivity index (χ1n) is 8.68. The van der Waals surface area contributed by atoms with Gasteiger partial charge in [-0.1, -0.05) is 13.8 Å². The molecule has 22 heavy (non-hydrogen) atoms. The Kier molecular flexibility index (Phi) is 4.33. The molecule has 0 aliphatic heterocycles. The van der Waals surface area contributed by atoms with Crippen LogP contribution in [0.5, 0.6) is 0 Å². The Bertz CT molecular complexity index is 412. The van der Waals surface area contributed by atoms with Crippen LogP contribution >= 0.6 is 0 Å². The van der Waals surface area contributed by atoms with Crippen molar-refractivity contribution in [1.82, 2.24) is 10.6 Å². The molecule has 0 unspecified atom stereocenters. The molecule has 4 saturated carbocycles. The van der Waals surface area contributed by atoms with E-state index in [1.165, 1.54) is 19.3 Å². The second kappa shape index (κ2) is 6.09. The lowest BCUT2D eigenvalue weighted by Crippen LogP contribution is -2.61. The van der Waals surface area contributed by atoms with Gasteiger partial charge >= 0.3 is 12.0 Å². The summed E-state index contributed by atoms with van der Waals surface area (Å²) in [5.74, 6) is 2.11. The summed E-state index contributed by atoms with van der Waals surface area (Å²) >= 11 is 0. The van der Waals surface area contributed by atoms with Crippen LogP contribution in [-0.2, 0) is 9.53 Å². The zero-order chi connectivity index (χ0) is 15.7. The van der Waals surface area contributed by atoms with Gasteiger partial charge in [0.25, 0.3) is 0 Å². The van der Waals surface area contributed by atoms with Crippen LogP contribution in [0.3, 0.4) is 0 Å². The minimum atomic E-state index is -0.219. The molecule has 124 valence electrons. The first-order chi connectivity index (χ1) is 10.5. The zero-order valence-electron chi connectivity index (χ0n) is 13.7. The lowest BCUT2D eigenvalue weighted by atomic mass is 9.53. The topological polar surface area (TPSA) is 67.4 Å². The van der Waals surface area contributed by atoms with Gasteiger partial charge in [0.2, 0.25) is 0 Å². The first-order valence-corrected chi connectivity index (χ1v) is 8.68. The predicted octanol–water partition coefficient (Wildman–Crippen LogP) is 2.45. The van der Waals surface area contributed by atoms with Gasteiger partial charge in [-0.05, 0) is 56.3 Å². The van der Waals surface area contributed by atoms with Crippen LogP contribution in [0.2, 0.25) is 0 Å². The van der Waals surface area contributed by atoms with Crippen molar-refractivity contribution in [1.29, 1.82) is 0 Å². The maximum Gasteiger partial charge on any atom is 0.315 e. The van der Waals surface area contributed by atoms with Gasteiger partial charge < -0.3 is 15.4 Å². The van der Waals surface area contributed by atoms with Crippen LogP contribution in [0.25, 0.3) is 0 Å². The van der Waals surface area contributed by atoms with E-state index in [0.29, 0.717) is 6.54 Å². The standard InChI is InChI=1S/C17H28N2O3/c1-11(2)15(20)22-4-3-18-16(21)19-17-8-12-5-13(9-17)7-14(6-12)10-17/h11-14H,3-10H2,1-2H3,(H2,18,19,21). The molecule has 4 aliphatic rings. The Morgan fingerprint density at radius 2 is 1.64 bits per heavy atom. The Labute approximate surface area is 132 Å². The van der Waals surface area contributed by atoms with Crippen LogP contribution in [0.4, 0.5) is 4.79 Å². The van der Waals surface area contributed by atoms with Crippen molar-refractivity contribution in [2.75, 3.05) is 13.2 Å². The van der Waals surface area contributed by atoms with Gasteiger partial charge in [-0.15, -0.1) is 0 Å². The minimum absolute atomic E-state index is 0.0352. The van der Waals surface area contributed by atoms with Crippen LogP contribution < -0.4 is 10.6 Å². The van der Waals surface area contributed by atoms with Crippen molar-refractivity contribution in [3.05, 3.63) is 0 Å². The third-order valence-corrected chi connectivity index (χ3v) is 5.52. The van der Waals surface area contributed by atoms with Crippen LogP contribution in [-0.4, -0.2) is 30.7 Å². The maximum absolute atomic E-state index is 12.1. The highest BCUT2D eigenvalue weighted by Crippen LogP contribution is 2.55. The number of carbonyl (C=O) groups excluding carboxylic acids is 2. The molecule has 2 amide bonds. The number of carbonyl (C=O) groups is 2. The molecule has 0 aromatic heterocycles. The van der Waals surface area contributed by atoms with Crippen LogP contribution in [0.15, 0.2) is 0 Å². The van der Waals surface area contributed by atoms with E-state index in [2.05, 4.69) is 10.6 Å². The number of hydrogen-bond donors (Lipinski definition) is 2. The Hall–Kier alpha value is -1.26. The summed E-state index contributed by atoms with van der Waals surface area (Å²) in [6, 6.07) is -0.109. The summed E-state index contributed by atoms with van der Waals surface area (Å²) < 4.78 is 5.07. The Balaban J connectivity index is 1.41. The summed E-state index contributed by atoms with van der Waals surface area (Å²) in [5, 5.41) is 6.07. The molecule has 0 spiro atoms. The van der Waals surface area contributed by atoms with E-state index >= 15 is 0 Å². The predicted molar refractivity (Wildman–Crippen MR) is 83.2 cm³/mol. The van der Waals surface area contributed by atoms with Crippen molar-refractivity contribution >= 4 is 12.0 Å². The van der Waals surface area contributed by atoms with Gasteiger partial charge in [-0.2, -0.15) is 0 Å². The van der Waals surface area contributed by atoms with E-state index in [4.69, 9.17) is 4.74 Å². The number of rotatable bonds is 5. The summed E-state index contributed by atoms with van der Waals surface area (Å²) in [6.07, 6.45) is 7.55. The molecule has 0 radical (unpaired) electrons. The van der Waals surface area contributed by atoms with Gasteiger partial charge in [0.15, 0.2) is 0 Å². The molecule has 0 aromatic rings. The van der Waals surface area contributed by atoms with Gasteiger partial charge in [0.1, 0.15) is 6.61 Å². The summed E-state index contributed by atoms with van der Waals surface area (Å²) in [7, 11) is 0. The molecule has 0 aromatic carbocycles. The molecule has 4 rings (SSSR count). The number of ether oxygens (including phenoxy) is 1. The van der Waals surface area contributed by atoms with Crippen molar-refractivity contribution in [3.8, 4) is 0 Å². The fourth-order valence-electron chi connectivity index (χ4n) is 5.03. The second-order valence-electron chi connectivity index (χ2n) is 7.90. The van der Waals surface area contributed by atoms with Crippen LogP contribution in [0, 0.1) is 23.7 Å². The molecule has 4 bridgehead atoms. The van der Waals surface area contributed by atoms with Crippen molar-refractivity contribution in [2.24, 2.45) is 23.7 Å². The average Bonchev–Trinajstić information content (AvgIpc) is 2.41. The smallest absolute Gasteiger partial charge is 0.315 e. The largest absolute Gasteiger partial charge is 0.464 e. The maximum atomic E-state index is 12.1. The van der Waals surface area contributed by atoms with E-state index in [1.807, 2.05) is 0 Å². The molecule has 5 heteroatoms. The van der Waals surface area contributed by atoms with Crippen LogP contribution in [0.1, 0.15) is 52.4 Å². The highest BCUT2D eigenvalue weighted by atomic mass is 16.5.